The molecule has 18 heavy (non-hydrogen) atoms. The number of hydrogen-bond acceptors (Lipinski definition) is 1. The Bertz CT molecular complexity index is 618. The fourth-order valence-electron chi connectivity index (χ4n) is 1.90. The Balaban J connectivity index is 2.65. The molecule has 0 spiro atoms. The zero-order chi connectivity index (χ0) is 13.3. The Morgan fingerprint density at radius 1 is 1.11 bits per heavy atom. The summed E-state index contributed by atoms with van der Waals surface area (Å²) in [5, 5.41) is 9.17. The van der Waals surface area contributed by atoms with E-state index in [9.17, 15) is 9.18 Å². The van der Waals surface area contributed by atoms with Gasteiger partial charge < -0.3 is 5.11 Å². The van der Waals surface area contributed by atoms with E-state index >= 15 is 0 Å². The van der Waals surface area contributed by atoms with Crippen molar-refractivity contribution in [1.82, 2.24) is 0 Å². The van der Waals surface area contributed by atoms with Crippen LogP contribution >= 0.6 is 0 Å². The Kier molecular flexibility index (Phi) is 3.15. The predicted octanol–water partition coefficient (Wildman–Crippen LogP) is 3.81. The maximum Gasteiger partial charge on any atom is 0.336 e. The smallest absolute Gasteiger partial charge is 0.336 e. The first kappa shape index (κ1) is 12.3. The fraction of sp³-hybridized carbons (Fsp3) is 0.133. The zero-order valence-corrected chi connectivity index (χ0v) is 10.2. The molecule has 0 aliphatic rings. The molecule has 2 aromatic carbocycles. The summed E-state index contributed by atoms with van der Waals surface area (Å²) in [7, 11) is 0. The number of carboxylic acid groups (broad SMARTS) is 1. The van der Waals surface area contributed by atoms with Gasteiger partial charge in [-0.15, -0.1) is 0 Å². The van der Waals surface area contributed by atoms with E-state index in [2.05, 4.69) is 0 Å². The van der Waals surface area contributed by atoms with Gasteiger partial charge in [-0.3, -0.25) is 0 Å². The van der Waals surface area contributed by atoms with Crippen LogP contribution in [-0.2, 0) is 0 Å². The molecule has 92 valence electrons. The highest BCUT2D eigenvalue weighted by Gasteiger charge is 2.12. The number of carbonyl (C=O) groups is 1. The number of benzene rings is 2. The Labute approximate surface area is 105 Å². The van der Waals surface area contributed by atoms with E-state index in [1.54, 1.807) is 37.3 Å². The molecule has 0 heterocycles. The third-order valence-electron chi connectivity index (χ3n) is 2.87. The van der Waals surface area contributed by atoms with E-state index in [0.29, 0.717) is 11.1 Å². The molecule has 2 nitrogen and oxygen atoms in total. The molecule has 0 radical (unpaired) electrons. The van der Waals surface area contributed by atoms with E-state index in [4.69, 9.17) is 5.11 Å². The van der Waals surface area contributed by atoms with Gasteiger partial charge in [0.25, 0.3) is 0 Å². The first-order valence-electron chi connectivity index (χ1n) is 5.59. The summed E-state index contributed by atoms with van der Waals surface area (Å²) in [6.45, 7) is 3.56. The van der Waals surface area contributed by atoms with Gasteiger partial charge >= 0.3 is 5.97 Å². The van der Waals surface area contributed by atoms with E-state index < -0.39 is 5.97 Å². The van der Waals surface area contributed by atoms with Crippen LogP contribution in [0.5, 0.6) is 0 Å². The van der Waals surface area contributed by atoms with Crippen molar-refractivity contribution in [3.05, 3.63) is 58.9 Å². The van der Waals surface area contributed by atoms with Crippen molar-refractivity contribution >= 4 is 5.97 Å². The molecule has 3 heteroatoms. The van der Waals surface area contributed by atoms with Crippen LogP contribution in [0.3, 0.4) is 0 Å². The molecule has 1 N–H and O–H groups in total. The molecule has 0 aromatic heterocycles. The third kappa shape index (κ3) is 2.25. The Morgan fingerprint density at radius 3 is 2.44 bits per heavy atom. The molecule has 0 aliphatic heterocycles. The summed E-state index contributed by atoms with van der Waals surface area (Å²) in [6.07, 6.45) is 0. The minimum absolute atomic E-state index is 0.228. The van der Waals surface area contributed by atoms with Crippen LogP contribution in [0.25, 0.3) is 11.1 Å². The van der Waals surface area contributed by atoms with Gasteiger partial charge in [-0.25, -0.2) is 9.18 Å². The van der Waals surface area contributed by atoms with Crippen LogP contribution in [-0.4, -0.2) is 11.1 Å². The van der Waals surface area contributed by atoms with E-state index in [0.717, 1.165) is 11.1 Å². The van der Waals surface area contributed by atoms with Crippen molar-refractivity contribution in [3.8, 4) is 11.1 Å². The Morgan fingerprint density at radius 2 is 1.83 bits per heavy atom. The number of carboxylic acids is 1. The summed E-state index contributed by atoms with van der Waals surface area (Å²) in [5.41, 5.74) is 3.04. The predicted molar refractivity (Wildman–Crippen MR) is 68.3 cm³/mol. The van der Waals surface area contributed by atoms with Crippen LogP contribution in [0.15, 0.2) is 36.4 Å². The second kappa shape index (κ2) is 4.61. The van der Waals surface area contributed by atoms with E-state index in [1.165, 1.54) is 6.07 Å². The maximum absolute atomic E-state index is 13.2. The molecule has 2 rings (SSSR count). The summed E-state index contributed by atoms with van der Waals surface area (Å²) >= 11 is 0. The molecule has 0 amide bonds. The molecule has 0 saturated heterocycles. The fourth-order valence-corrected chi connectivity index (χ4v) is 1.90. The van der Waals surface area contributed by atoms with Gasteiger partial charge in [0.15, 0.2) is 0 Å². The highest BCUT2D eigenvalue weighted by Crippen LogP contribution is 2.26. The molecule has 0 atom stereocenters. The minimum Gasteiger partial charge on any atom is -0.478 e. The monoisotopic (exact) mass is 244 g/mol. The highest BCUT2D eigenvalue weighted by molar-refractivity contribution is 5.96. The number of hydrogen-bond donors (Lipinski definition) is 1. The van der Waals surface area contributed by atoms with Crippen LogP contribution in [0.1, 0.15) is 21.5 Å². The van der Waals surface area contributed by atoms with Gasteiger partial charge in [-0.1, -0.05) is 23.8 Å². The molecular formula is C15H13FO2. The molecule has 0 fully saturated rings. The molecule has 0 bridgehead atoms. The quantitative estimate of drug-likeness (QED) is 0.872. The summed E-state index contributed by atoms with van der Waals surface area (Å²) in [6, 6.07) is 9.75. The normalized spacial score (nSPS) is 10.4. The average molecular weight is 244 g/mol. The van der Waals surface area contributed by atoms with Crippen molar-refractivity contribution in [3.63, 3.8) is 0 Å². The summed E-state index contributed by atoms with van der Waals surface area (Å²) in [5.74, 6) is -1.27. The summed E-state index contributed by atoms with van der Waals surface area (Å²) < 4.78 is 13.2. The SMILES string of the molecule is Cc1ccc(C(=O)O)c(-c2ccc(F)c(C)c2)c1. The molecule has 2 aromatic rings. The van der Waals surface area contributed by atoms with E-state index in [-0.39, 0.29) is 11.4 Å². The van der Waals surface area contributed by atoms with Gasteiger partial charge in [0.1, 0.15) is 5.82 Å². The first-order chi connectivity index (χ1) is 8.49. The van der Waals surface area contributed by atoms with Gasteiger partial charge in [0, 0.05) is 0 Å². The minimum atomic E-state index is -0.980. The molecular weight excluding hydrogens is 231 g/mol. The second-order valence-corrected chi connectivity index (χ2v) is 4.32. The zero-order valence-electron chi connectivity index (χ0n) is 10.2. The van der Waals surface area contributed by atoms with Crippen LogP contribution in [0.2, 0.25) is 0 Å². The lowest BCUT2D eigenvalue weighted by Crippen LogP contribution is -2.00. The molecule has 0 aliphatic carbocycles. The number of aryl methyl sites for hydroxylation is 2. The topological polar surface area (TPSA) is 37.3 Å². The highest BCUT2D eigenvalue weighted by atomic mass is 19.1. The molecule has 0 unspecified atom stereocenters. The van der Waals surface area contributed by atoms with Crippen molar-refractivity contribution in [2.45, 2.75) is 13.8 Å². The van der Waals surface area contributed by atoms with Gasteiger partial charge in [-0.2, -0.15) is 0 Å². The number of aromatic carboxylic acids is 1. The van der Waals surface area contributed by atoms with Crippen molar-refractivity contribution < 1.29 is 14.3 Å². The Hall–Kier alpha value is -2.16. The lowest BCUT2D eigenvalue weighted by atomic mass is 9.96. The van der Waals surface area contributed by atoms with Crippen molar-refractivity contribution in [2.24, 2.45) is 0 Å². The number of rotatable bonds is 2. The lowest BCUT2D eigenvalue weighted by Gasteiger charge is -2.09. The summed E-state index contributed by atoms with van der Waals surface area (Å²) in [4.78, 5) is 11.2. The van der Waals surface area contributed by atoms with Gasteiger partial charge in [0.2, 0.25) is 0 Å². The van der Waals surface area contributed by atoms with E-state index in [1.807, 2.05) is 6.92 Å². The standard InChI is InChI=1S/C15H13FO2/c1-9-3-5-12(15(17)18)13(7-9)11-4-6-14(16)10(2)8-11/h3-8H,1-2H3,(H,17,18). The third-order valence-corrected chi connectivity index (χ3v) is 2.87. The first-order valence-corrected chi connectivity index (χ1v) is 5.59. The maximum atomic E-state index is 13.2. The largest absolute Gasteiger partial charge is 0.478 e. The van der Waals surface area contributed by atoms with Gasteiger partial charge in [-0.05, 0) is 48.7 Å². The average Bonchev–Trinajstić information content (AvgIpc) is 2.32. The van der Waals surface area contributed by atoms with Crippen LogP contribution in [0.4, 0.5) is 4.39 Å². The lowest BCUT2D eigenvalue weighted by molar-refractivity contribution is 0.0697. The van der Waals surface area contributed by atoms with Crippen LogP contribution in [0, 0.1) is 19.7 Å². The van der Waals surface area contributed by atoms with Gasteiger partial charge in [0.05, 0.1) is 5.56 Å². The van der Waals surface area contributed by atoms with Crippen molar-refractivity contribution in [1.29, 1.82) is 0 Å². The second-order valence-electron chi connectivity index (χ2n) is 4.32. The van der Waals surface area contributed by atoms with Crippen molar-refractivity contribution in [2.75, 3.05) is 0 Å². The molecule has 0 saturated carbocycles. The van der Waals surface area contributed by atoms with Crippen LogP contribution < -0.4 is 0 Å². The number of halogens is 1.